The Morgan fingerprint density at radius 1 is 0.947 bits per heavy atom. The molecule has 0 bridgehead atoms. The Hall–Kier alpha value is -0.0800. The van der Waals surface area contributed by atoms with E-state index < -0.39 is 0 Å². The van der Waals surface area contributed by atoms with E-state index in [4.69, 9.17) is 5.73 Å². The number of hydrogen-bond donors (Lipinski definition) is 2. The van der Waals surface area contributed by atoms with Crippen molar-refractivity contribution in [1.29, 1.82) is 0 Å². The maximum absolute atomic E-state index is 5.91. The molecule has 0 saturated heterocycles. The van der Waals surface area contributed by atoms with Crippen LogP contribution in [0, 0.1) is 17.8 Å². The Morgan fingerprint density at radius 3 is 1.89 bits per heavy atom. The zero-order chi connectivity index (χ0) is 15.1. The van der Waals surface area contributed by atoms with Gasteiger partial charge in [-0.3, -0.25) is 0 Å². The second-order valence-corrected chi connectivity index (χ2v) is 7.48. The lowest BCUT2D eigenvalue weighted by atomic mass is 9.76. The van der Waals surface area contributed by atoms with Gasteiger partial charge in [-0.1, -0.05) is 48.5 Å². The summed E-state index contributed by atoms with van der Waals surface area (Å²) in [5, 5.41) is 3.86. The molecule has 116 valence electrons. The molecule has 0 amide bonds. The smallest absolute Gasteiger partial charge is 0.0198 e. The first-order valence-corrected chi connectivity index (χ1v) is 8.20. The highest BCUT2D eigenvalue weighted by Crippen LogP contribution is 2.31. The molecule has 0 aromatic heterocycles. The number of nitrogens with two attached hydrogens (primary N) is 1. The summed E-state index contributed by atoms with van der Waals surface area (Å²) in [5.74, 6) is 2.25. The summed E-state index contributed by atoms with van der Waals surface area (Å²) in [6.07, 6.45) is 4.86. The lowest BCUT2D eigenvalue weighted by Gasteiger charge is -2.40. The first-order valence-electron chi connectivity index (χ1n) is 8.20. The molecule has 3 N–H and O–H groups in total. The summed E-state index contributed by atoms with van der Waals surface area (Å²) < 4.78 is 0. The van der Waals surface area contributed by atoms with Crippen LogP contribution in [0.5, 0.6) is 0 Å². The van der Waals surface area contributed by atoms with Gasteiger partial charge in [0.15, 0.2) is 0 Å². The average Bonchev–Trinajstić information content (AvgIpc) is 2.25. The quantitative estimate of drug-likeness (QED) is 0.624. The van der Waals surface area contributed by atoms with Crippen LogP contribution in [-0.2, 0) is 0 Å². The van der Waals surface area contributed by atoms with E-state index >= 15 is 0 Å². The first-order chi connectivity index (χ1) is 8.72. The van der Waals surface area contributed by atoms with E-state index in [1.54, 1.807) is 0 Å². The van der Waals surface area contributed by atoms with Gasteiger partial charge in [0.05, 0.1) is 0 Å². The summed E-state index contributed by atoms with van der Waals surface area (Å²) >= 11 is 0. The molecule has 0 radical (unpaired) electrons. The molecular weight excluding hydrogens is 232 g/mol. The Labute approximate surface area is 121 Å². The number of rotatable bonds is 10. The molecule has 0 rings (SSSR count). The maximum Gasteiger partial charge on any atom is 0.0198 e. The van der Waals surface area contributed by atoms with Crippen LogP contribution < -0.4 is 11.1 Å². The summed E-state index contributed by atoms with van der Waals surface area (Å²) in [6, 6.07) is 0.526. The molecule has 19 heavy (non-hydrogen) atoms. The summed E-state index contributed by atoms with van der Waals surface area (Å²) in [7, 11) is 0. The molecule has 0 aliphatic rings. The zero-order valence-corrected chi connectivity index (χ0v) is 14.4. The molecule has 0 fully saturated rings. The molecule has 0 aliphatic carbocycles. The van der Waals surface area contributed by atoms with Gasteiger partial charge in [-0.2, -0.15) is 0 Å². The van der Waals surface area contributed by atoms with Gasteiger partial charge in [-0.05, 0) is 50.0 Å². The standard InChI is InChI=1S/C17H38N2/c1-13(2)8-9-17(10-11-18,19-15(5)6)12-16(7)14(3)4/h13-16,19H,8-12,18H2,1-7H3. The first kappa shape index (κ1) is 18.9. The summed E-state index contributed by atoms with van der Waals surface area (Å²) in [4.78, 5) is 0. The van der Waals surface area contributed by atoms with E-state index in [-0.39, 0.29) is 5.54 Å². The third kappa shape index (κ3) is 7.94. The third-order valence-corrected chi connectivity index (χ3v) is 4.27. The Kier molecular flexibility index (Phi) is 8.93. The van der Waals surface area contributed by atoms with Crippen molar-refractivity contribution in [1.82, 2.24) is 5.32 Å². The third-order valence-electron chi connectivity index (χ3n) is 4.27. The fourth-order valence-corrected chi connectivity index (χ4v) is 2.84. The van der Waals surface area contributed by atoms with Gasteiger partial charge in [0.1, 0.15) is 0 Å². The van der Waals surface area contributed by atoms with Crippen LogP contribution in [0.25, 0.3) is 0 Å². The van der Waals surface area contributed by atoms with Crippen LogP contribution in [0.4, 0.5) is 0 Å². The lowest BCUT2D eigenvalue weighted by Crippen LogP contribution is -2.51. The monoisotopic (exact) mass is 270 g/mol. The van der Waals surface area contributed by atoms with Crippen molar-refractivity contribution in [2.45, 2.75) is 85.7 Å². The summed E-state index contributed by atoms with van der Waals surface area (Å²) in [5.41, 5.74) is 6.14. The van der Waals surface area contributed by atoms with E-state index in [0.717, 1.165) is 30.7 Å². The van der Waals surface area contributed by atoms with Crippen molar-refractivity contribution in [3.05, 3.63) is 0 Å². The second-order valence-electron chi connectivity index (χ2n) is 7.48. The van der Waals surface area contributed by atoms with Gasteiger partial charge < -0.3 is 11.1 Å². The topological polar surface area (TPSA) is 38.0 Å². The molecule has 2 heteroatoms. The van der Waals surface area contributed by atoms with Gasteiger partial charge in [0.2, 0.25) is 0 Å². The normalized spacial score (nSPS) is 17.2. The predicted molar refractivity (Wildman–Crippen MR) is 87.4 cm³/mol. The van der Waals surface area contributed by atoms with Crippen molar-refractivity contribution >= 4 is 0 Å². The van der Waals surface area contributed by atoms with Crippen molar-refractivity contribution in [3.8, 4) is 0 Å². The van der Waals surface area contributed by atoms with Crippen molar-refractivity contribution in [2.75, 3.05) is 6.54 Å². The van der Waals surface area contributed by atoms with Crippen molar-refractivity contribution in [3.63, 3.8) is 0 Å². The van der Waals surface area contributed by atoms with Crippen LogP contribution in [-0.4, -0.2) is 18.1 Å². The molecule has 0 aromatic rings. The Bertz CT molecular complexity index is 223. The largest absolute Gasteiger partial charge is 0.330 e. The van der Waals surface area contributed by atoms with Gasteiger partial charge in [-0.25, -0.2) is 0 Å². The van der Waals surface area contributed by atoms with E-state index in [1.807, 2.05) is 0 Å². The number of hydrogen-bond acceptors (Lipinski definition) is 2. The van der Waals surface area contributed by atoms with E-state index in [1.165, 1.54) is 19.3 Å². The van der Waals surface area contributed by atoms with Crippen LogP contribution in [0.1, 0.15) is 74.1 Å². The Balaban J connectivity index is 4.89. The van der Waals surface area contributed by atoms with Crippen molar-refractivity contribution in [2.24, 2.45) is 23.5 Å². The second kappa shape index (κ2) is 8.97. The minimum absolute atomic E-state index is 0.233. The van der Waals surface area contributed by atoms with Crippen LogP contribution in [0.3, 0.4) is 0 Å². The van der Waals surface area contributed by atoms with E-state index in [0.29, 0.717) is 6.04 Å². The highest BCUT2D eigenvalue weighted by molar-refractivity contribution is 4.91. The van der Waals surface area contributed by atoms with Gasteiger partial charge >= 0.3 is 0 Å². The van der Waals surface area contributed by atoms with Crippen molar-refractivity contribution < 1.29 is 0 Å². The minimum atomic E-state index is 0.233. The molecule has 2 atom stereocenters. The maximum atomic E-state index is 5.91. The highest BCUT2D eigenvalue weighted by atomic mass is 15.0. The fraction of sp³-hybridized carbons (Fsp3) is 1.00. The van der Waals surface area contributed by atoms with Gasteiger partial charge in [-0.15, -0.1) is 0 Å². The minimum Gasteiger partial charge on any atom is -0.330 e. The SMILES string of the molecule is CC(C)CCC(CCN)(CC(C)C(C)C)NC(C)C. The van der Waals surface area contributed by atoms with Crippen LogP contribution >= 0.6 is 0 Å². The molecule has 2 unspecified atom stereocenters. The zero-order valence-electron chi connectivity index (χ0n) is 14.4. The molecule has 0 aliphatic heterocycles. The molecular formula is C17H38N2. The number of nitrogens with one attached hydrogen (secondary N) is 1. The van der Waals surface area contributed by atoms with E-state index in [2.05, 4.69) is 53.8 Å². The van der Waals surface area contributed by atoms with Crippen LogP contribution in [0.2, 0.25) is 0 Å². The van der Waals surface area contributed by atoms with Gasteiger partial charge in [0.25, 0.3) is 0 Å². The molecule has 2 nitrogen and oxygen atoms in total. The van der Waals surface area contributed by atoms with Gasteiger partial charge in [0, 0.05) is 11.6 Å². The molecule has 0 saturated carbocycles. The van der Waals surface area contributed by atoms with Crippen LogP contribution in [0.15, 0.2) is 0 Å². The predicted octanol–water partition coefficient (Wildman–Crippen LogP) is 4.19. The molecule has 0 spiro atoms. The molecule has 0 aromatic carbocycles. The van der Waals surface area contributed by atoms with E-state index in [9.17, 15) is 0 Å². The average molecular weight is 271 g/mol. The highest BCUT2D eigenvalue weighted by Gasteiger charge is 2.32. The fourth-order valence-electron chi connectivity index (χ4n) is 2.84. The summed E-state index contributed by atoms with van der Waals surface area (Å²) in [6.45, 7) is 17.0. The molecule has 0 heterocycles. The Morgan fingerprint density at radius 2 is 1.53 bits per heavy atom. The lowest BCUT2D eigenvalue weighted by molar-refractivity contribution is 0.182.